The summed E-state index contributed by atoms with van der Waals surface area (Å²) < 4.78 is 13.5. The fraction of sp³-hybridized carbons (Fsp3) is 0.469. The molecule has 4 unspecified atom stereocenters. The molecule has 6 rings (SSSR count). The first kappa shape index (κ1) is 26.2. The maximum absolute atomic E-state index is 13.5. The van der Waals surface area contributed by atoms with Crippen LogP contribution in [0.5, 0.6) is 0 Å². The number of nitrogens with one attached hydrogen (secondary N) is 1. The van der Waals surface area contributed by atoms with E-state index in [0.29, 0.717) is 41.0 Å². The number of benzene rings is 1. The molecule has 39 heavy (non-hydrogen) atoms. The van der Waals surface area contributed by atoms with Gasteiger partial charge in [-0.2, -0.15) is 0 Å². The predicted octanol–water partition coefficient (Wildman–Crippen LogP) is 7.16. The number of hydrogen-bond acceptors (Lipinski definition) is 4. The Morgan fingerprint density at radius 3 is 2.69 bits per heavy atom. The van der Waals surface area contributed by atoms with E-state index in [-0.39, 0.29) is 11.7 Å². The van der Waals surface area contributed by atoms with Crippen molar-refractivity contribution < 1.29 is 9.18 Å². The lowest BCUT2D eigenvalue weighted by molar-refractivity contribution is -0.134. The van der Waals surface area contributed by atoms with Crippen molar-refractivity contribution in [1.82, 2.24) is 14.9 Å². The van der Waals surface area contributed by atoms with Crippen molar-refractivity contribution in [3.63, 3.8) is 0 Å². The summed E-state index contributed by atoms with van der Waals surface area (Å²) in [5.74, 6) is 3.08. The van der Waals surface area contributed by atoms with E-state index in [0.717, 1.165) is 67.7 Å². The molecule has 3 fully saturated rings. The third-order valence-electron chi connectivity index (χ3n) is 9.09. The van der Waals surface area contributed by atoms with Gasteiger partial charge < -0.3 is 10.2 Å². The van der Waals surface area contributed by atoms with Crippen LogP contribution in [0.15, 0.2) is 54.7 Å². The molecule has 5 nitrogen and oxygen atoms in total. The number of hydrogen-bond donors (Lipinski definition) is 1. The molecule has 1 aromatic carbocycles. The third-order valence-corrected chi connectivity index (χ3v) is 9.39. The number of nitrogens with zero attached hydrogens (tertiary/aromatic N) is 3. The summed E-state index contributed by atoms with van der Waals surface area (Å²) in [6, 6.07) is 14.5. The van der Waals surface area contributed by atoms with E-state index in [1.807, 2.05) is 24.3 Å². The summed E-state index contributed by atoms with van der Waals surface area (Å²) in [5.41, 5.74) is 3.57. The van der Waals surface area contributed by atoms with Gasteiger partial charge in [-0.15, -0.1) is 0 Å². The van der Waals surface area contributed by atoms with E-state index in [1.54, 1.807) is 12.3 Å². The van der Waals surface area contributed by atoms with Crippen molar-refractivity contribution in [2.75, 3.05) is 18.4 Å². The number of rotatable bonds is 8. The molecule has 3 aliphatic rings. The molecule has 1 N–H and O–H groups in total. The third kappa shape index (κ3) is 5.96. The SMILES string of the molecule is O=C(C1CCC(C2CCC2Cc2cc(-c3cccc(NCc4cccc(F)c4)n3)c(Cl)cn2)C1)N1CCCC1. The summed E-state index contributed by atoms with van der Waals surface area (Å²) in [7, 11) is 0. The molecule has 1 aliphatic heterocycles. The number of likely N-dealkylation sites (tertiary alicyclic amines) is 1. The van der Waals surface area contributed by atoms with Gasteiger partial charge in [0.05, 0.1) is 10.7 Å². The highest BCUT2D eigenvalue weighted by Crippen LogP contribution is 2.49. The van der Waals surface area contributed by atoms with E-state index in [4.69, 9.17) is 16.6 Å². The molecule has 0 spiro atoms. The summed E-state index contributed by atoms with van der Waals surface area (Å²) >= 11 is 6.59. The Morgan fingerprint density at radius 2 is 1.90 bits per heavy atom. The van der Waals surface area contributed by atoms with Gasteiger partial charge in [0.25, 0.3) is 0 Å². The first-order valence-corrected chi connectivity index (χ1v) is 14.8. The molecule has 3 aromatic rings. The molecule has 3 heterocycles. The molecule has 0 bridgehead atoms. The van der Waals surface area contributed by atoms with E-state index in [1.165, 1.54) is 31.4 Å². The van der Waals surface area contributed by atoms with E-state index < -0.39 is 0 Å². The zero-order valence-corrected chi connectivity index (χ0v) is 23.0. The quantitative estimate of drug-likeness (QED) is 0.326. The second-order valence-electron chi connectivity index (χ2n) is 11.6. The lowest BCUT2D eigenvalue weighted by Gasteiger charge is -2.41. The Bertz CT molecular complexity index is 1330. The summed E-state index contributed by atoms with van der Waals surface area (Å²) in [5, 5.41) is 3.87. The van der Waals surface area contributed by atoms with Gasteiger partial charge in [0.1, 0.15) is 11.6 Å². The molecular weight excluding hydrogens is 511 g/mol. The fourth-order valence-corrected chi connectivity index (χ4v) is 7.08. The highest BCUT2D eigenvalue weighted by Gasteiger charge is 2.42. The van der Waals surface area contributed by atoms with Gasteiger partial charge in [-0.05, 0) is 105 Å². The zero-order chi connectivity index (χ0) is 26.8. The van der Waals surface area contributed by atoms with Gasteiger partial charge in [-0.25, -0.2) is 9.37 Å². The average Bonchev–Trinajstić information content (AvgIpc) is 3.64. The van der Waals surface area contributed by atoms with Crippen LogP contribution in [0.25, 0.3) is 11.3 Å². The number of carbonyl (C=O) groups is 1. The second-order valence-corrected chi connectivity index (χ2v) is 12.0. The minimum Gasteiger partial charge on any atom is -0.366 e. The van der Waals surface area contributed by atoms with Crippen LogP contribution >= 0.6 is 11.6 Å². The van der Waals surface area contributed by atoms with Crippen molar-refractivity contribution >= 4 is 23.3 Å². The van der Waals surface area contributed by atoms with Gasteiger partial charge in [-0.3, -0.25) is 9.78 Å². The molecule has 1 amide bonds. The lowest BCUT2D eigenvalue weighted by atomic mass is 9.64. The predicted molar refractivity (Wildman–Crippen MR) is 153 cm³/mol. The number of halogens is 2. The number of carbonyl (C=O) groups excluding carboxylic acids is 1. The standard InChI is InChI=1S/C32H36ClFN4O/c33-29-20-35-26(17-23-11-12-27(23)22-9-10-24(16-22)32(39)38-13-1-2-14-38)18-28(29)30-7-4-8-31(37-30)36-19-21-5-3-6-25(34)15-21/h3-8,15,18,20,22-24,27H,1-2,9-14,16-17,19H2,(H,36,37). The minimum absolute atomic E-state index is 0.238. The average molecular weight is 547 g/mol. The van der Waals surface area contributed by atoms with Gasteiger partial charge in [-0.1, -0.05) is 29.8 Å². The Labute approximate surface area is 235 Å². The maximum atomic E-state index is 13.5. The van der Waals surface area contributed by atoms with E-state index in [9.17, 15) is 9.18 Å². The topological polar surface area (TPSA) is 58.1 Å². The van der Waals surface area contributed by atoms with Crippen LogP contribution in [-0.2, 0) is 17.8 Å². The summed E-state index contributed by atoms with van der Waals surface area (Å²) in [4.78, 5) is 24.5. The summed E-state index contributed by atoms with van der Waals surface area (Å²) in [6.07, 6.45) is 10.8. The Hall–Kier alpha value is -2.99. The number of pyridine rings is 2. The van der Waals surface area contributed by atoms with Crippen molar-refractivity contribution in [2.24, 2.45) is 23.7 Å². The normalized spacial score (nSPS) is 24.5. The first-order valence-electron chi connectivity index (χ1n) is 14.4. The Balaban J connectivity index is 1.09. The number of aromatic nitrogens is 2. The monoisotopic (exact) mass is 546 g/mol. The van der Waals surface area contributed by atoms with Gasteiger partial charge in [0, 0.05) is 43.0 Å². The molecule has 204 valence electrons. The van der Waals surface area contributed by atoms with Crippen molar-refractivity contribution in [2.45, 2.75) is 57.9 Å². The molecular formula is C32H36ClFN4O. The molecule has 0 radical (unpaired) electrons. The van der Waals surface area contributed by atoms with Gasteiger partial charge >= 0.3 is 0 Å². The lowest BCUT2D eigenvalue weighted by Crippen LogP contribution is -2.35. The van der Waals surface area contributed by atoms with Crippen LogP contribution in [0.3, 0.4) is 0 Å². The van der Waals surface area contributed by atoms with E-state index >= 15 is 0 Å². The molecule has 1 saturated heterocycles. The van der Waals surface area contributed by atoms with Crippen LogP contribution < -0.4 is 5.32 Å². The highest BCUT2D eigenvalue weighted by molar-refractivity contribution is 6.33. The first-order chi connectivity index (χ1) is 19.0. The van der Waals surface area contributed by atoms with Crippen LogP contribution in [0.1, 0.15) is 56.2 Å². The van der Waals surface area contributed by atoms with E-state index in [2.05, 4.69) is 21.3 Å². The Kier molecular flexibility index (Phi) is 7.83. The van der Waals surface area contributed by atoms with Crippen molar-refractivity contribution in [3.05, 3.63) is 76.8 Å². The van der Waals surface area contributed by atoms with Crippen LogP contribution in [0.4, 0.5) is 10.2 Å². The molecule has 2 aromatic heterocycles. The number of amides is 1. The smallest absolute Gasteiger partial charge is 0.225 e. The van der Waals surface area contributed by atoms with Crippen LogP contribution in [0.2, 0.25) is 5.02 Å². The van der Waals surface area contributed by atoms with Crippen LogP contribution in [0, 0.1) is 29.5 Å². The van der Waals surface area contributed by atoms with Gasteiger partial charge in [0.15, 0.2) is 0 Å². The largest absolute Gasteiger partial charge is 0.366 e. The van der Waals surface area contributed by atoms with Crippen molar-refractivity contribution in [1.29, 1.82) is 0 Å². The van der Waals surface area contributed by atoms with Crippen LogP contribution in [-0.4, -0.2) is 33.9 Å². The fourth-order valence-electron chi connectivity index (χ4n) is 6.88. The molecule has 4 atom stereocenters. The summed E-state index contributed by atoms with van der Waals surface area (Å²) in [6.45, 7) is 2.40. The van der Waals surface area contributed by atoms with Crippen molar-refractivity contribution in [3.8, 4) is 11.3 Å². The molecule has 2 saturated carbocycles. The Morgan fingerprint density at radius 1 is 1.05 bits per heavy atom. The zero-order valence-electron chi connectivity index (χ0n) is 22.3. The molecule has 7 heteroatoms. The highest BCUT2D eigenvalue weighted by atomic mass is 35.5. The second kappa shape index (κ2) is 11.6. The van der Waals surface area contributed by atoms with Gasteiger partial charge in [0.2, 0.25) is 5.91 Å². The molecule has 2 aliphatic carbocycles. The minimum atomic E-state index is -0.246. The maximum Gasteiger partial charge on any atom is 0.225 e. The number of anilines is 1.